The summed E-state index contributed by atoms with van der Waals surface area (Å²) in [5.41, 5.74) is 0.791. The maximum atomic E-state index is 12.1. The Hall–Kier alpha value is -3.13. The summed E-state index contributed by atoms with van der Waals surface area (Å²) in [6.07, 6.45) is 0. The number of amides is 1. The standard InChI is InChI=1S/C16H15NO7/c1-17(7-14(19)20)15(21)13-5-4-12(24-13)11-6-9(16(22)23)2-3-10(11)8-18/h2-6,18H,7-8H2,1H3,(H,19,20)(H,22,23). The van der Waals surface area contributed by atoms with Crippen LogP contribution in [0.4, 0.5) is 0 Å². The highest BCUT2D eigenvalue weighted by Gasteiger charge is 2.20. The molecule has 3 N–H and O–H groups in total. The minimum absolute atomic E-state index is 0.00877. The van der Waals surface area contributed by atoms with Crippen molar-refractivity contribution in [3.63, 3.8) is 0 Å². The number of aliphatic hydroxyl groups excluding tert-OH is 1. The second kappa shape index (κ2) is 6.97. The summed E-state index contributed by atoms with van der Waals surface area (Å²) in [5, 5.41) is 27.1. The van der Waals surface area contributed by atoms with Gasteiger partial charge in [0.25, 0.3) is 5.91 Å². The van der Waals surface area contributed by atoms with E-state index in [1.807, 2.05) is 0 Å². The van der Waals surface area contributed by atoms with Crippen molar-refractivity contribution in [2.75, 3.05) is 13.6 Å². The van der Waals surface area contributed by atoms with Gasteiger partial charge in [0.2, 0.25) is 0 Å². The van der Waals surface area contributed by atoms with E-state index in [1.165, 1.54) is 37.4 Å². The summed E-state index contributed by atoms with van der Waals surface area (Å²) in [6.45, 7) is -0.816. The van der Waals surface area contributed by atoms with Crippen molar-refractivity contribution < 1.29 is 34.1 Å². The fourth-order valence-corrected chi connectivity index (χ4v) is 2.14. The first-order valence-electron chi connectivity index (χ1n) is 6.88. The summed E-state index contributed by atoms with van der Waals surface area (Å²) >= 11 is 0. The molecule has 1 aromatic heterocycles. The predicted octanol–water partition coefficient (Wildman–Crippen LogP) is 1.29. The number of hydrogen-bond donors (Lipinski definition) is 3. The van der Waals surface area contributed by atoms with Crippen molar-refractivity contribution in [3.8, 4) is 11.3 Å². The molecule has 0 aliphatic heterocycles. The molecule has 0 spiro atoms. The maximum Gasteiger partial charge on any atom is 0.335 e. The van der Waals surface area contributed by atoms with Crippen LogP contribution in [0.2, 0.25) is 0 Å². The van der Waals surface area contributed by atoms with Crippen molar-refractivity contribution in [1.29, 1.82) is 0 Å². The number of benzene rings is 1. The molecule has 8 nitrogen and oxygen atoms in total. The third-order valence-corrected chi connectivity index (χ3v) is 3.33. The number of likely N-dealkylation sites (N-methyl/N-ethyl adjacent to an activating group) is 1. The molecule has 1 aromatic carbocycles. The molecule has 0 fully saturated rings. The highest BCUT2D eigenvalue weighted by Crippen LogP contribution is 2.28. The minimum atomic E-state index is -1.16. The second-order valence-corrected chi connectivity index (χ2v) is 5.05. The van der Waals surface area contributed by atoms with Crippen molar-refractivity contribution in [2.24, 2.45) is 0 Å². The monoisotopic (exact) mass is 333 g/mol. The van der Waals surface area contributed by atoms with Crippen molar-refractivity contribution in [3.05, 3.63) is 47.2 Å². The van der Waals surface area contributed by atoms with Gasteiger partial charge in [-0.1, -0.05) is 6.07 Å². The molecule has 0 atom stereocenters. The molecule has 0 aliphatic carbocycles. The van der Waals surface area contributed by atoms with Gasteiger partial charge in [0.05, 0.1) is 12.2 Å². The Bertz CT molecular complexity index is 793. The Morgan fingerprint density at radius 3 is 2.42 bits per heavy atom. The van der Waals surface area contributed by atoms with E-state index < -0.39 is 24.4 Å². The number of hydrogen-bond acceptors (Lipinski definition) is 5. The van der Waals surface area contributed by atoms with Crippen LogP contribution in [0.15, 0.2) is 34.7 Å². The lowest BCUT2D eigenvalue weighted by molar-refractivity contribution is -0.137. The zero-order chi connectivity index (χ0) is 17.9. The number of carboxylic acid groups (broad SMARTS) is 2. The molecular formula is C16H15NO7. The second-order valence-electron chi connectivity index (χ2n) is 5.05. The molecule has 0 radical (unpaired) electrons. The molecule has 0 aliphatic rings. The number of rotatable bonds is 6. The number of furan rings is 1. The fourth-order valence-electron chi connectivity index (χ4n) is 2.14. The van der Waals surface area contributed by atoms with Crippen LogP contribution >= 0.6 is 0 Å². The van der Waals surface area contributed by atoms with Gasteiger partial charge >= 0.3 is 11.9 Å². The summed E-state index contributed by atoms with van der Waals surface area (Å²) < 4.78 is 5.42. The smallest absolute Gasteiger partial charge is 0.335 e. The molecule has 2 aromatic rings. The Morgan fingerprint density at radius 1 is 1.12 bits per heavy atom. The highest BCUT2D eigenvalue weighted by molar-refractivity contribution is 5.94. The first-order valence-corrected chi connectivity index (χ1v) is 6.88. The Kier molecular flexibility index (Phi) is 5.00. The van der Waals surface area contributed by atoms with E-state index in [1.54, 1.807) is 0 Å². The Balaban J connectivity index is 2.36. The van der Waals surface area contributed by atoms with Crippen LogP contribution in [0.1, 0.15) is 26.5 Å². The third kappa shape index (κ3) is 3.61. The van der Waals surface area contributed by atoms with Gasteiger partial charge in [-0.3, -0.25) is 9.59 Å². The summed E-state index contributed by atoms with van der Waals surface area (Å²) in [6, 6.07) is 6.97. The molecular weight excluding hydrogens is 318 g/mol. The quantitative estimate of drug-likeness (QED) is 0.726. The molecule has 1 amide bonds. The van der Waals surface area contributed by atoms with E-state index in [9.17, 15) is 19.5 Å². The van der Waals surface area contributed by atoms with Crippen molar-refractivity contribution in [1.82, 2.24) is 4.90 Å². The third-order valence-electron chi connectivity index (χ3n) is 3.33. The van der Waals surface area contributed by atoms with Crippen molar-refractivity contribution in [2.45, 2.75) is 6.61 Å². The SMILES string of the molecule is CN(CC(=O)O)C(=O)c1ccc(-c2cc(C(=O)O)ccc2CO)o1. The van der Waals surface area contributed by atoms with E-state index in [0.717, 1.165) is 4.90 Å². The van der Waals surface area contributed by atoms with Crippen molar-refractivity contribution >= 4 is 17.8 Å². The first-order chi connectivity index (χ1) is 11.3. The van der Waals surface area contributed by atoms with Gasteiger partial charge in [0.15, 0.2) is 5.76 Å². The van der Waals surface area contributed by atoms with Crippen LogP contribution in [-0.4, -0.2) is 51.7 Å². The molecule has 0 unspecified atom stereocenters. The molecule has 0 saturated carbocycles. The number of carbonyl (C=O) groups excluding carboxylic acids is 1. The maximum absolute atomic E-state index is 12.1. The first kappa shape index (κ1) is 17.2. The number of aliphatic hydroxyl groups is 1. The largest absolute Gasteiger partial charge is 0.480 e. The van der Waals surface area contributed by atoms with E-state index in [0.29, 0.717) is 11.1 Å². The lowest BCUT2D eigenvalue weighted by Gasteiger charge is -2.12. The van der Waals surface area contributed by atoms with Gasteiger partial charge in [0.1, 0.15) is 12.3 Å². The van der Waals surface area contributed by atoms with Gasteiger partial charge in [-0.2, -0.15) is 0 Å². The topological polar surface area (TPSA) is 128 Å². The molecule has 8 heteroatoms. The predicted molar refractivity (Wildman–Crippen MR) is 81.6 cm³/mol. The zero-order valence-corrected chi connectivity index (χ0v) is 12.7. The number of aromatic carboxylic acids is 1. The summed E-state index contributed by atoms with van der Waals surface area (Å²) in [5.74, 6) is -2.80. The number of aliphatic carboxylic acids is 1. The van der Waals surface area contributed by atoms with E-state index in [-0.39, 0.29) is 23.7 Å². The van der Waals surface area contributed by atoms with Gasteiger partial charge in [0, 0.05) is 12.6 Å². The molecule has 0 bridgehead atoms. The number of nitrogens with zero attached hydrogens (tertiary/aromatic N) is 1. The molecule has 2 rings (SSSR count). The summed E-state index contributed by atoms with van der Waals surface area (Å²) in [4.78, 5) is 34.8. The van der Waals surface area contributed by atoms with Crippen LogP contribution in [-0.2, 0) is 11.4 Å². The average molecular weight is 333 g/mol. The Labute approximate surface area is 136 Å². The van der Waals surface area contributed by atoms with E-state index in [4.69, 9.17) is 14.6 Å². The number of carbonyl (C=O) groups is 3. The molecule has 1 heterocycles. The fraction of sp³-hybridized carbons (Fsp3) is 0.188. The van der Waals surface area contributed by atoms with Gasteiger partial charge in [-0.05, 0) is 29.8 Å². The van der Waals surface area contributed by atoms with Crippen LogP contribution in [0.5, 0.6) is 0 Å². The van der Waals surface area contributed by atoms with E-state index in [2.05, 4.69) is 0 Å². The lowest BCUT2D eigenvalue weighted by atomic mass is 10.0. The zero-order valence-electron chi connectivity index (χ0n) is 12.7. The van der Waals surface area contributed by atoms with Crippen LogP contribution in [0.25, 0.3) is 11.3 Å². The van der Waals surface area contributed by atoms with Gasteiger partial charge in [-0.25, -0.2) is 4.79 Å². The molecule has 24 heavy (non-hydrogen) atoms. The average Bonchev–Trinajstić information content (AvgIpc) is 3.02. The van der Waals surface area contributed by atoms with Crippen LogP contribution in [0, 0.1) is 0 Å². The van der Waals surface area contributed by atoms with Gasteiger partial charge < -0.3 is 24.6 Å². The van der Waals surface area contributed by atoms with Gasteiger partial charge in [-0.15, -0.1) is 0 Å². The molecule has 0 saturated heterocycles. The normalized spacial score (nSPS) is 10.4. The minimum Gasteiger partial charge on any atom is -0.480 e. The lowest BCUT2D eigenvalue weighted by Crippen LogP contribution is -2.31. The molecule has 126 valence electrons. The van der Waals surface area contributed by atoms with Crippen LogP contribution in [0.3, 0.4) is 0 Å². The highest BCUT2D eigenvalue weighted by atomic mass is 16.4. The van der Waals surface area contributed by atoms with Crippen LogP contribution < -0.4 is 0 Å². The Morgan fingerprint density at radius 2 is 1.83 bits per heavy atom. The summed E-state index contributed by atoms with van der Waals surface area (Å²) in [7, 11) is 1.32. The van der Waals surface area contributed by atoms with E-state index >= 15 is 0 Å². The number of carboxylic acids is 2.